The summed E-state index contributed by atoms with van der Waals surface area (Å²) in [6.07, 6.45) is 8.08. The van der Waals surface area contributed by atoms with Gasteiger partial charge in [-0.3, -0.25) is 0 Å². The Kier molecular flexibility index (Phi) is 7.01. The van der Waals surface area contributed by atoms with Gasteiger partial charge in [0.2, 0.25) is 0 Å². The summed E-state index contributed by atoms with van der Waals surface area (Å²) >= 11 is 0. The molecule has 1 heterocycles. The predicted octanol–water partition coefficient (Wildman–Crippen LogP) is 2.00. The summed E-state index contributed by atoms with van der Waals surface area (Å²) in [5, 5.41) is 0. The number of rotatable bonds is 8. The normalized spacial score (nSPS) is 25.5. The van der Waals surface area contributed by atoms with Gasteiger partial charge in [0.15, 0.2) is 0 Å². The molecule has 0 aromatic carbocycles. The maximum absolute atomic E-state index is 5.59. The minimum absolute atomic E-state index is 0.419. The van der Waals surface area contributed by atoms with Crippen molar-refractivity contribution in [2.45, 2.75) is 57.6 Å². The molecule has 0 aromatic rings. The summed E-state index contributed by atoms with van der Waals surface area (Å²) in [5.74, 6) is 0. The first-order valence-electron chi connectivity index (χ1n) is 6.77. The molecule has 0 spiro atoms. The zero-order valence-electron chi connectivity index (χ0n) is 11.0. The van der Waals surface area contributed by atoms with Crippen molar-refractivity contribution in [3.63, 3.8) is 0 Å². The fraction of sp³-hybridized carbons (Fsp3) is 1.00. The Bertz CT molecular complexity index is 175. The minimum Gasteiger partial charge on any atom is -0.377 e. The number of hydrogen-bond acceptors (Lipinski definition) is 3. The standard InChI is InChI=1S/C13H28N2O/c1-12-13(8-11-16-12)15(2)10-7-5-3-4-6-9-14/h12-13H,3-11,14H2,1-2H3. The van der Waals surface area contributed by atoms with E-state index in [4.69, 9.17) is 10.5 Å². The molecule has 1 aliphatic heterocycles. The number of nitrogens with zero attached hydrogens (tertiary/aromatic N) is 1. The van der Waals surface area contributed by atoms with E-state index in [0.29, 0.717) is 12.1 Å². The third-order valence-electron chi connectivity index (χ3n) is 3.62. The summed E-state index contributed by atoms with van der Waals surface area (Å²) in [6.45, 7) is 5.18. The molecule has 1 saturated heterocycles. The van der Waals surface area contributed by atoms with E-state index in [9.17, 15) is 0 Å². The fourth-order valence-electron chi connectivity index (χ4n) is 2.50. The Morgan fingerprint density at radius 1 is 1.19 bits per heavy atom. The third-order valence-corrected chi connectivity index (χ3v) is 3.62. The quantitative estimate of drug-likeness (QED) is 0.646. The van der Waals surface area contributed by atoms with Crippen LogP contribution in [0.3, 0.4) is 0 Å². The molecule has 3 nitrogen and oxygen atoms in total. The van der Waals surface area contributed by atoms with Gasteiger partial charge in [-0.15, -0.1) is 0 Å². The van der Waals surface area contributed by atoms with Gasteiger partial charge in [-0.1, -0.05) is 19.3 Å². The van der Waals surface area contributed by atoms with Gasteiger partial charge in [-0.05, 0) is 46.3 Å². The maximum Gasteiger partial charge on any atom is 0.0702 e. The smallest absolute Gasteiger partial charge is 0.0702 e. The molecule has 2 atom stereocenters. The second-order valence-corrected chi connectivity index (χ2v) is 4.97. The Morgan fingerprint density at radius 2 is 1.88 bits per heavy atom. The van der Waals surface area contributed by atoms with Gasteiger partial charge in [0, 0.05) is 12.6 Å². The van der Waals surface area contributed by atoms with Crippen molar-refractivity contribution >= 4 is 0 Å². The van der Waals surface area contributed by atoms with E-state index in [1.807, 2.05) is 0 Å². The van der Waals surface area contributed by atoms with Crippen LogP contribution >= 0.6 is 0 Å². The topological polar surface area (TPSA) is 38.5 Å². The molecule has 3 heteroatoms. The molecule has 0 aromatic heterocycles. The summed E-state index contributed by atoms with van der Waals surface area (Å²) in [4.78, 5) is 2.47. The highest BCUT2D eigenvalue weighted by Gasteiger charge is 2.27. The molecule has 2 unspecified atom stereocenters. The van der Waals surface area contributed by atoms with Crippen molar-refractivity contribution in [3.05, 3.63) is 0 Å². The van der Waals surface area contributed by atoms with E-state index >= 15 is 0 Å². The highest BCUT2D eigenvalue weighted by Crippen LogP contribution is 2.18. The Balaban J connectivity index is 1.99. The van der Waals surface area contributed by atoms with Crippen LogP contribution < -0.4 is 5.73 Å². The first kappa shape index (κ1) is 13.9. The predicted molar refractivity (Wildman–Crippen MR) is 68.6 cm³/mol. The molecule has 0 saturated carbocycles. The van der Waals surface area contributed by atoms with Crippen molar-refractivity contribution < 1.29 is 4.74 Å². The lowest BCUT2D eigenvalue weighted by molar-refractivity contribution is 0.0831. The maximum atomic E-state index is 5.59. The van der Waals surface area contributed by atoms with Crippen LogP contribution in [0.25, 0.3) is 0 Å². The molecule has 0 bridgehead atoms. The van der Waals surface area contributed by atoms with Crippen LogP contribution in [0.2, 0.25) is 0 Å². The van der Waals surface area contributed by atoms with E-state index in [0.717, 1.165) is 13.2 Å². The first-order chi connectivity index (χ1) is 7.75. The van der Waals surface area contributed by atoms with Gasteiger partial charge in [0.25, 0.3) is 0 Å². The van der Waals surface area contributed by atoms with Crippen LogP contribution in [-0.4, -0.2) is 43.8 Å². The summed E-state index contributed by atoms with van der Waals surface area (Å²) in [7, 11) is 2.23. The largest absolute Gasteiger partial charge is 0.377 e. The monoisotopic (exact) mass is 228 g/mol. The van der Waals surface area contributed by atoms with Gasteiger partial charge in [-0.25, -0.2) is 0 Å². The van der Waals surface area contributed by atoms with Crippen molar-refractivity contribution in [3.8, 4) is 0 Å². The van der Waals surface area contributed by atoms with E-state index in [-0.39, 0.29) is 0 Å². The van der Waals surface area contributed by atoms with E-state index < -0.39 is 0 Å². The molecular formula is C13H28N2O. The summed E-state index contributed by atoms with van der Waals surface area (Å²) in [6, 6.07) is 0.643. The lowest BCUT2D eigenvalue weighted by Crippen LogP contribution is -2.37. The van der Waals surface area contributed by atoms with E-state index in [2.05, 4.69) is 18.9 Å². The summed E-state index contributed by atoms with van der Waals surface area (Å²) in [5.41, 5.74) is 5.47. The highest BCUT2D eigenvalue weighted by atomic mass is 16.5. The number of unbranched alkanes of at least 4 members (excludes halogenated alkanes) is 4. The van der Waals surface area contributed by atoms with Crippen LogP contribution in [0.5, 0.6) is 0 Å². The molecule has 1 fully saturated rings. The molecule has 0 radical (unpaired) electrons. The first-order valence-corrected chi connectivity index (χ1v) is 6.77. The molecule has 96 valence electrons. The fourth-order valence-corrected chi connectivity index (χ4v) is 2.50. The molecule has 0 amide bonds. The Morgan fingerprint density at radius 3 is 2.50 bits per heavy atom. The number of ether oxygens (including phenoxy) is 1. The van der Waals surface area contributed by atoms with Gasteiger partial charge in [0.1, 0.15) is 0 Å². The lowest BCUT2D eigenvalue weighted by atomic mass is 10.1. The van der Waals surface area contributed by atoms with Crippen LogP contribution in [-0.2, 0) is 4.74 Å². The zero-order valence-corrected chi connectivity index (χ0v) is 11.0. The Labute approximate surface area is 100 Å². The SMILES string of the molecule is CC1OCCC1N(C)CCCCCCCN. The Hall–Kier alpha value is -0.120. The van der Waals surface area contributed by atoms with Crippen LogP contribution in [0.4, 0.5) is 0 Å². The van der Waals surface area contributed by atoms with Gasteiger partial charge in [-0.2, -0.15) is 0 Å². The third kappa shape index (κ3) is 4.81. The minimum atomic E-state index is 0.419. The van der Waals surface area contributed by atoms with Crippen molar-refractivity contribution in [2.24, 2.45) is 5.73 Å². The molecule has 0 aliphatic carbocycles. The van der Waals surface area contributed by atoms with Crippen molar-refractivity contribution in [1.82, 2.24) is 4.90 Å². The van der Waals surface area contributed by atoms with Gasteiger partial charge < -0.3 is 15.4 Å². The molecule has 2 N–H and O–H groups in total. The molecule has 1 aliphatic rings. The zero-order chi connectivity index (χ0) is 11.8. The average molecular weight is 228 g/mol. The lowest BCUT2D eigenvalue weighted by Gasteiger charge is -2.26. The second kappa shape index (κ2) is 8.04. The summed E-state index contributed by atoms with van der Waals surface area (Å²) < 4.78 is 5.59. The number of likely N-dealkylation sites (N-methyl/N-ethyl adjacent to an activating group) is 1. The highest BCUT2D eigenvalue weighted by molar-refractivity contribution is 4.80. The molecular weight excluding hydrogens is 200 g/mol. The molecule has 1 rings (SSSR count). The second-order valence-electron chi connectivity index (χ2n) is 4.97. The number of nitrogens with two attached hydrogens (primary N) is 1. The van der Waals surface area contributed by atoms with Crippen molar-refractivity contribution in [1.29, 1.82) is 0 Å². The van der Waals surface area contributed by atoms with Crippen LogP contribution in [0.15, 0.2) is 0 Å². The van der Waals surface area contributed by atoms with E-state index in [1.165, 1.54) is 45.1 Å². The molecule has 16 heavy (non-hydrogen) atoms. The van der Waals surface area contributed by atoms with Crippen molar-refractivity contribution in [2.75, 3.05) is 26.7 Å². The number of hydrogen-bond donors (Lipinski definition) is 1. The van der Waals surface area contributed by atoms with Crippen LogP contribution in [0, 0.1) is 0 Å². The average Bonchev–Trinajstić information content (AvgIpc) is 2.69. The van der Waals surface area contributed by atoms with E-state index in [1.54, 1.807) is 0 Å². The van der Waals surface area contributed by atoms with Crippen LogP contribution in [0.1, 0.15) is 45.4 Å². The van der Waals surface area contributed by atoms with Gasteiger partial charge in [0.05, 0.1) is 6.10 Å². The van der Waals surface area contributed by atoms with Gasteiger partial charge >= 0.3 is 0 Å².